The van der Waals surface area contributed by atoms with Gasteiger partial charge < -0.3 is 4.74 Å². The Morgan fingerprint density at radius 1 is 1.18 bits per heavy atom. The Labute approximate surface area is 127 Å². The predicted molar refractivity (Wildman–Crippen MR) is 64.9 cm³/mol. The van der Waals surface area contributed by atoms with Gasteiger partial charge in [-0.3, -0.25) is 0 Å². The first-order valence-corrected chi connectivity index (χ1v) is 7.48. The Balaban J connectivity index is 5.43. The summed E-state index contributed by atoms with van der Waals surface area (Å²) in [4.78, 5) is 11.4. The van der Waals surface area contributed by atoms with Crippen molar-refractivity contribution in [3.05, 3.63) is 12.2 Å². The molecule has 0 rings (SSSR count). The summed E-state index contributed by atoms with van der Waals surface area (Å²) in [7, 11) is -4.23. The van der Waals surface area contributed by atoms with Gasteiger partial charge in [-0.05, 0) is 0 Å². The third-order valence-electron chi connectivity index (χ3n) is 2.32. The van der Waals surface area contributed by atoms with Crippen LogP contribution in [0.2, 0.25) is 0 Å². The lowest BCUT2D eigenvalue weighted by Gasteiger charge is -2.23. The summed E-state index contributed by atoms with van der Waals surface area (Å²) in [5.74, 6) is -3.22. The number of ether oxygens (including phenoxy) is 1. The Kier molecular flexibility index (Phi) is 6.76. The number of methoxy groups -OCH3 is 1. The molecule has 22 heavy (non-hydrogen) atoms. The van der Waals surface area contributed by atoms with Crippen LogP contribution in [0.3, 0.4) is 0 Å². The van der Waals surface area contributed by atoms with E-state index in [9.17, 15) is 39.6 Å². The minimum atomic E-state index is -4.93. The van der Waals surface area contributed by atoms with Crippen LogP contribution in [0.4, 0.5) is 26.3 Å². The SMILES string of the molecule is COC(=O)C(Cl)(C/C=C/C(F)(F)F)S(=O)(=O)CCC(F)(F)F. The molecular weight excluding hydrogens is 366 g/mol. The molecule has 0 bridgehead atoms. The van der Waals surface area contributed by atoms with E-state index in [1.807, 2.05) is 0 Å². The third kappa shape index (κ3) is 6.42. The van der Waals surface area contributed by atoms with Gasteiger partial charge in [0.1, 0.15) is 0 Å². The van der Waals surface area contributed by atoms with Gasteiger partial charge in [-0.15, -0.1) is 0 Å². The number of hydrogen-bond donors (Lipinski definition) is 0. The zero-order valence-electron chi connectivity index (χ0n) is 11.0. The topological polar surface area (TPSA) is 60.4 Å². The minimum absolute atomic E-state index is 0.231. The van der Waals surface area contributed by atoms with E-state index < -0.39 is 51.0 Å². The molecule has 0 saturated heterocycles. The number of halogens is 7. The maximum Gasteiger partial charge on any atom is 0.409 e. The Morgan fingerprint density at radius 2 is 1.68 bits per heavy atom. The molecule has 0 saturated carbocycles. The van der Waals surface area contributed by atoms with Crippen molar-refractivity contribution in [2.45, 2.75) is 29.4 Å². The van der Waals surface area contributed by atoms with Crippen LogP contribution in [0.5, 0.6) is 0 Å². The summed E-state index contributed by atoms with van der Waals surface area (Å²) in [5, 5.41) is 0. The molecule has 0 spiro atoms. The molecule has 1 atom stereocenters. The van der Waals surface area contributed by atoms with E-state index >= 15 is 0 Å². The highest BCUT2D eigenvalue weighted by atomic mass is 35.5. The molecule has 0 N–H and O–H groups in total. The molecule has 0 amide bonds. The first-order chi connectivity index (χ1) is 9.65. The van der Waals surface area contributed by atoms with Crippen molar-refractivity contribution < 1.29 is 44.3 Å². The van der Waals surface area contributed by atoms with Crippen molar-refractivity contribution >= 4 is 27.4 Å². The van der Waals surface area contributed by atoms with Crippen LogP contribution in [0.15, 0.2) is 12.2 Å². The van der Waals surface area contributed by atoms with Crippen LogP contribution in [-0.4, -0.2) is 43.8 Å². The van der Waals surface area contributed by atoms with Crippen LogP contribution >= 0.6 is 11.6 Å². The number of rotatable bonds is 6. The zero-order chi connectivity index (χ0) is 17.8. The van der Waals surface area contributed by atoms with E-state index in [1.165, 1.54) is 0 Å². The van der Waals surface area contributed by atoms with Gasteiger partial charge in [-0.25, -0.2) is 13.2 Å². The molecule has 0 aromatic heterocycles. The van der Waals surface area contributed by atoms with E-state index in [-0.39, 0.29) is 12.2 Å². The summed E-state index contributed by atoms with van der Waals surface area (Å²) in [6, 6.07) is 0. The van der Waals surface area contributed by atoms with Crippen molar-refractivity contribution in [3.63, 3.8) is 0 Å². The average molecular weight is 377 g/mol. The molecular formula is C10H11ClF6O4S. The van der Waals surface area contributed by atoms with Gasteiger partial charge in [-0.1, -0.05) is 17.7 Å². The molecule has 0 aromatic rings. The molecule has 0 aromatic carbocycles. The quantitative estimate of drug-likeness (QED) is 0.309. The van der Waals surface area contributed by atoms with E-state index in [4.69, 9.17) is 11.6 Å². The van der Waals surface area contributed by atoms with Gasteiger partial charge >= 0.3 is 18.3 Å². The highest BCUT2D eigenvalue weighted by Gasteiger charge is 2.50. The monoisotopic (exact) mass is 376 g/mol. The molecule has 0 aliphatic heterocycles. The molecule has 1 unspecified atom stereocenters. The molecule has 0 aliphatic rings. The molecule has 12 heteroatoms. The fraction of sp³-hybridized carbons (Fsp3) is 0.700. The van der Waals surface area contributed by atoms with Crippen LogP contribution in [-0.2, 0) is 19.4 Å². The molecule has 130 valence electrons. The number of allylic oxidation sites excluding steroid dienone is 2. The second kappa shape index (κ2) is 7.07. The Morgan fingerprint density at radius 3 is 2.05 bits per heavy atom. The zero-order valence-corrected chi connectivity index (χ0v) is 12.5. The second-order valence-electron chi connectivity index (χ2n) is 4.05. The van der Waals surface area contributed by atoms with Gasteiger partial charge in [0, 0.05) is 12.5 Å². The minimum Gasteiger partial charge on any atom is -0.467 e. The van der Waals surface area contributed by atoms with E-state index in [1.54, 1.807) is 0 Å². The van der Waals surface area contributed by atoms with Crippen molar-refractivity contribution in [2.24, 2.45) is 0 Å². The van der Waals surface area contributed by atoms with Gasteiger partial charge in [0.2, 0.25) is 4.21 Å². The predicted octanol–water partition coefficient (Wildman–Crippen LogP) is 2.97. The normalized spacial score (nSPS) is 16.5. The second-order valence-corrected chi connectivity index (χ2v) is 7.26. The fourth-order valence-electron chi connectivity index (χ4n) is 1.25. The summed E-state index contributed by atoms with van der Waals surface area (Å²) in [6.07, 6.45) is -12.8. The van der Waals surface area contributed by atoms with E-state index in [0.717, 1.165) is 0 Å². The van der Waals surface area contributed by atoms with Gasteiger partial charge in [0.25, 0.3) is 0 Å². The summed E-state index contributed by atoms with van der Waals surface area (Å²) in [6.45, 7) is 0. The Bertz CT molecular complexity index is 525. The summed E-state index contributed by atoms with van der Waals surface area (Å²) in [5.41, 5.74) is 0. The Hall–Kier alpha value is -0.970. The molecule has 0 heterocycles. The number of carbonyl (C=O) groups excluding carboxylic acids is 1. The molecule has 4 nitrogen and oxygen atoms in total. The van der Waals surface area contributed by atoms with E-state index in [2.05, 4.69) is 4.74 Å². The van der Waals surface area contributed by atoms with Crippen molar-refractivity contribution in [3.8, 4) is 0 Å². The van der Waals surface area contributed by atoms with Gasteiger partial charge in [0.05, 0.1) is 19.3 Å². The number of esters is 1. The van der Waals surface area contributed by atoms with Gasteiger partial charge in [-0.2, -0.15) is 26.3 Å². The summed E-state index contributed by atoms with van der Waals surface area (Å²) < 4.78 is 96.8. The summed E-state index contributed by atoms with van der Waals surface area (Å²) >= 11 is 5.49. The van der Waals surface area contributed by atoms with Crippen LogP contribution in [0.25, 0.3) is 0 Å². The highest BCUT2D eigenvalue weighted by molar-refractivity contribution is 7.95. The lowest BCUT2D eigenvalue weighted by atomic mass is 10.2. The number of carbonyl (C=O) groups is 1. The smallest absolute Gasteiger partial charge is 0.409 e. The lowest BCUT2D eigenvalue weighted by molar-refractivity contribution is -0.141. The first-order valence-electron chi connectivity index (χ1n) is 5.45. The fourth-order valence-corrected chi connectivity index (χ4v) is 3.15. The van der Waals surface area contributed by atoms with Crippen LogP contribution < -0.4 is 0 Å². The maximum absolute atomic E-state index is 12.1. The number of hydrogen-bond acceptors (Lipinski definition) is 4. The van der Waals surface area contributed by atoms with Crippen molar-refractivity contribution in [2.75, 3.05) is 12.9 Å². The van der Waals surface area contributed by atoms with Crippen LogP contribution in [0, 0.1) is 0 Å². The first kappa shape index (κ1) is 21.0. The lowest BCUT2D eigenvalue weighted by Crippen LogP contribution is -2.43. The standard InChI is InChI=1S/C10H11ClF6O4S/c1-21-7(18)8(11,3-2-4-9(12,13)14)22(19,20)6-5-10(15,16)17/h2,4H,3,5-6H2,1H3/b4-2+. The molecule has 0 radical (unpaired) electrons. The molecule has 0 aliphatic carbocycles. The number of sulfone groups is 1. The van der Waals surface area contributed by atoms with Crippen molar-refractivity contribution in [1.29, 1.82) is 0 Å². The maximum atomic E-state index is 12.1. The largest absolute Gasteiger partial charge is 0.467 e. The van der Waals surface area contributed by atoms with Crippen molar-refractivity contribution in [1.82, 2.24) is 0 Å². The average Bonchev–Trinajstić information content (AvgIpc) is 2.32. The van der Waals surface area contributed by atoms with E-state index in [0.29, 0.717) is 7.11 Å². The molecule has 0 fully saturated rings. The number of alkyl halides is 7. The third-order valence-corrected chi connectivity index (χ3v) is 5.40. The van der Waals surface area contributed by atoms with Crippen LogP contribution in [0.1, 0.15) is 12.8 Å². The highest BCUT2D eigenvalue weighted by Crippen LogP contribution is 2.33. The van der Waals surface area contributed by atoms with Gasteiger partial charge in [0.15, 0.2) is 9.84 Å².